The molecule has 4 aliphatic rings. The van der Waals surface area contributed by atoms with Crippen LogP contribution < -0.4 is 39.8 Å². The summed E-state index contributed by atoms with van der Waals surface area (Å²) in [4.78, 5) is 76.5. The summed E-state index contributed by atoms with van der Waals surface area (Å²) in [5.41, 5.74) is 3.85. The van der Waals surface area contributed by atoms with E-state index in [1.807, 2.05) is 58.2 Å². The number of nitrogens with zero attached hydrogens (tertiary/aromatic N) is 4. The van der Waals surface area contributed by atoms with Gasteiger partial charge in [0.15, 0.2) is 29.2 Å². The largest absolute Gasteiger partial charge is 0.493 e. The predicted molar refractivity (Wildman–Crippen MR) is 264 cm³/mol. The number of methoxy groups -OCH3 is 2. The van der Waals surface area contributed by atoms with E-state index in [-0.39, 0.29) is 72.8 Å². The maximum atomic E-state index is 14.3. The minimum atomic E-state index is -1.53. The van der Waals surface area contributed by atoms with Gasteiger partial charge in [0.05, 0.1) is 68.1 Å². The summed E-state index contributed by atoms with van der Waals surface area (Å²) in [5, 5.41) is 20.5. The highest BCUT2D eigenvalue weighted by atomic mass is 16.6. The number of aliphatic hydroxyl groups is 1. The normalized spacial score (nSPS) is 19.1. The zero-order chi connectivity index (χ0) is 50.2. The van der Waals surface area contributed by atoms with Gasteiger partial charge in [-0.05, 0) is 87.6 Å². The number of rotatable bonds is 18. The van der Waals surface area contributed by atoms with Crippen molar-refractivity contribution in [3.63, 3.8) is 0 Å². The molecule has 0 bridgehead atoms. The van der Waals surface area contributed by atoms with Crippen molar-refractivity contribution >= 4 is 53.0 Å². The van der Waals surface area contributed by atoms with Gasteiger partial charge < -0.3 is 54.5 Å². The summed E-state index contributed by atoms with van der Waals surface area (Å²) >= 11 is 0. The van der Waals surface area contributed by atoms with Crippen molar-refractivity contribution < 1.29 is 52.8 Å². The van der Waals surface area contributed by atoms with E-state index in [9.17, 15) is 29.1 Å². The van der Waals surface area contributed by atoms with E-state index in [4.69, 9.17) is 23.7 Å². The van der Waals surface area contributed by atoms with Crippen LogP contribution in [-0.4, -0.2) is 116 Å². The lowest BCUT2D eigenvalue weighted by atomic mass is 10.0. The van der Waals surface area contributed by atoms with E-state index in [0.29, 0.717) is 46.8 Å². The fraction of sp³-hybridized carbons (Fsp3) is 0.385. The molecule has 3 aromatic rings. The quantitative estimate of drug-likeness (QED) is 0.0973. The molecule has 3 aromatic carbocycles. The molecule has 7 rings (SSSR count). The lowest BCUT2D eigenvalue weighted by Crippen LogP contribution is -2.51. The molecule has 0 aromatic heterocycles. The predicted octanol–water partition coefficient (Wildman–Crippen LogP) is 6.78. The molecule has 18 nitrogen and oxygen atoms in total. The molecular formula is C52H61N7O11. The Bertz CT molecular complexity index is 2640. The molecule has 4 unspecified atom stereocenters. The Morgan fingerprint density at radius 2 is 1.43 bits per heavy atom. The summed E-state index contributed by atoms with van der Waals surface area (Å²) in [7, 11) is 4.62. The topological polar surface area (TPSA) is 210 Å². The van der Waals surface area contributed by atoms with Crippen LogP contribution in [0.2, 0.25) is 0 Å². The molecule has 370 valence electrons. The SMILES string of the molecule is C/C=C/C1=CN2C(=O)c3cc(OC)c(OCCCOc4cc5c(cc4OC)C(=O)N4C=C(/C=C/C)CC4C(O)N5C(=O)OCc4ccc(NC(=O)C(C)NC(=O)[C@@H](NC)C(C)C)cc4)cc3N=CC2C1. The van der Waals surface area contributed by atoms with Crippen molar-refractivity contribution in [3.8, 4) is 23.0 Å². The van der Waals surface area contributed by atoms with E-state index in [1.165, 1.54) is 31.3 Å². The van der Waals surface area contributed by atoms with Crippen LogP contribution in [0.25, 0.3) is 0 Å². The van der Waals surface area contributed by atoms with Crippen molar-refractivity contribution in [3.05, 3.63) is 113 Å². The van der Waals surface area contributed by atoms with Crippen LogP contribution in [0.1, 0.15) is 80.2 Å². The Labute approximate surface area is 407 Å². The van der Waals surface area contributed by atoms with Crippen LogP contribution in [0.4, 0.5) is 21.9 Å². The lowest BCUT2D eigenvalue weighted by molar-refractivity contribution is -0.128. The van der Waals surface area contributed by atoms with Crippen molar-refractivity contribution in [1.29, 1.82) is 0 Å². The van der Waals surface area contributed by atoms with Gasteiger partial charge in [-0.15, -0.1) is 0 Å². The number of fused-ring (bicyclic) bond motifs is 4. The van der Waals surface area contributed by atoms with Crippen LogP contribution in [-0.2, 0) is 20.9 Å². The summed E-state index contributed by atoms with van der Waals surface area (Å²) in [6.07, 6.45) is 11.7. The average molecular weight is 960 g/mol. The van der Waals surface area contributed by atoms with Gasteiger partial charge in [-0.1, -0.05) is 50.3 Å². The van der Waals surface area contributed by atoms with E-state index in [2.05, 4.69) is 20.9 Å². The molecule has 0 aliphatic carbocycles. The second-order valence-corrected chi connectivity index (χ2v) is 17.5. The number of carbonyl (C=O) groups excluding carboxylic acids is 5. The third-order valence-corrected chi connectivity index (χ3v) is 12.3. The monoisotopic (exact) mass is 959 g/mol. The molecule has 18 heteroatoms. The third-order valence-electron chi connectivity index (χ3n) is 12.3. The highest BCUT2D eigenvalue weighted by Gasteiger charge is 2.45. The van der Waals surface area contributed by atoms with Gasteiger partial charge in [0.25, 0.3) is 11.8 Å². The highest BCUT2D eigenvalue weighted by molar-refractivity contribution is 6.07. The number of aliphatic imine (C=N–C) groups is 1. The molecular weight excluding hydrogens is 899 g/mol. The van der Waals surface area contributed by atoms with Crippen LogP contribution in [0.15, 0.2) is 101 Å². The van der Waals surface area contributed by atoms with Crippen LogP contribution in [0, 0.1) is 5.92 Å². The molecule has 0 fully saturated rings. The summed E-state index contributed by atoms with van der Waals surface area (Å²) in [6, 6.07) is 10.6. The standard InChI is InChI=1S/C52H61N7O11/c1-9-12-33-20-36-26-54-39-24-44(42(66-7)22-37(39)49(62)57(36)27-33)68-18-11-19-69-45-25-40-38(23-43(45)67-8)50(63)58-28-34(13-10-2)21-41(58)51(64)59(40)52(65)70-29-32-14-16-35(17-15-32)56-47(60)31(5)55-48(61)46(53-6)30(3)4/h9-10,12-17,22-28,30-31,36,41,46,51,53,64H,11,18-21,29H2,1-8H3,(H,55,61)(H,56,60)/b12-9+,13-10+/t31?,36?,41?,46-,51?/m0/s1. The minimum absolute atomic E-state index is 0.0236. The van der Waals surface area contributed by atoms with Crippen molar-refractivity contribution in [2.75, 3.05) is 44.7 Å². The van der Waals surface area contributed by atoms with Gasteiger partial charge in [0.1, 0.15) is 12.6 Å². The highest BCUT2D eigenvalue weighted by Crippen LogP contribution is 2.43. The number of hydrogen-bond donors (Lipinski definition) is 4. The maximum Gasteiger partial charge on any atom is 0.416 e. The first-order valence-electron chi connectivity index (χ1n) is 23.3. The Morgan fingerprint density at radius 3 is 2.06 bits per heavy atom. The first-order chi connectivity index (χ1) is 33.7. The van der Waals surface area contributed by atoms with Crippen molar-refractivity contribution in [2.24, 2.45) is 10.9 Å². The minimum Gasteiger partial charge on any atom is -0.493 e. The van der Waals surface area contributed by atoms with Crippen LogP contribution in [0.3, 0.4) is 0 Å². The van der Waals surface area contributed by atoms with E-state index in [0.717, 1.165) is 16.0 Å². The molecule has 4 N–H and O–H groups in total. The summed E-state index contributed by atoms with van der Waals surface area (Å²) in [5.74, 6) is -0.138. The fourth-order valence-electron chi connectivity index (χ4n) is 8.74. The number of carbonyl (C=O) groups is 5. The molecule has 0 saturated carbocycles. The Hall–Kier alpha value is -7.44. The Balaban J connectivity index is 1.04. The number of likely N-dealkylation sites (N-methyl/N-ethyl adjacent to an activating group) is 1. The number of hydrogen-bond acceptors (Lipinski definition) is 13. The van der Waals surface area contributed by atoms with Gasteiger partial charge in [0.2, 0.25) is 11.8 Å². The number of anilines is 2. The molecule has 0 spiro atoms. The Kier molecular flexibility index (Phi) is 16.1. The molecule has 0 saturated heterocycles. The van der Waals surface area contributed by atoms with Crippen LogP contribution in [0.5, 0.6) is 23.0 Å². The first-order valence-corrected chi connectivity index (χ1v) is 23.3. The molecule has 5 amide bonds. The molecule has 4 heterocycles. The van der Waals surface area contributed by atoms with Crippen molar-refractivity contribution in [2.45, 2.75) is 90.9 Å². The number of aliphatic hydroxyl groups excluding tert-OH is 1. The summed E-state index contributed by atoms with van der Waals surface area (Å²) in [6.45, 7) is 9.27. The second kappa shape index (κ2) is 22.3. The Morgan fingerprint density at radius 1 is 0.814 bits per heavy atom. The van der Waals surface area contributed by atoms with Crippen LogP contribution >= 0.6 is 0 Å². The average Bonchev–Trinajstić information content (AvgIpc) is 3.92. The maximum absolute atomic E-state index is 14.3. The fourth-order valence-corrected chi connectivity index (χ4v) is 8.74. The molecule has 0 radical (unpaired) electrons. The van der Waals surface area contributed by atoms with Gasteiger partial charge in [-0.25, -0.2) is 9.69 Å². The van der Waals surface area contributed by atoms with E-state index < -0.39 is 42.3 Å². The number of amides is 5. The van der Waals surface area contributed by atoms with Crippen molar-refractivity contribution in [1.82, 2.24) is 20.4 Å². The lowest BCUT2D eigenvalue weighted by Gasteiger charge is -2.31. The van der Waals surface area contributed by atoms with Gasteiger partial charge in [0, 0.05) is 42.9 Å². The van der Waals surface area contributed by atoms with E-state index in [1.54, 1.807) is 67.7 Å². The van der Waals surface area contributed by atoms with Gasteiger partial charge in [-0.3, -0.25) is 24.2 Å². The van der Waals surface area contributed by atoms with Gasteiger partial charge >= 0.3 is 6.09 Å². The number of allylic oxidation sites excluding steroid dienone is 4. The smallest absolute Gasteiger partial charge is 0.416 e. The number of nitrogens with one attached hydrogen (secondary N) is 3. The third kappa shape index (κ3) is 10.9. The molecule has 70 heavy (non-hydrogen) atoms. The van der Waals surface area contributed by atoms with E-state index >= 15 is 0 Å². The second-order valence-electron chi connectivity index (χ2n) is 17.5. The summed E-state index contributed by atoms with van der Waals surface area (Å²) < 4.78 is 29.5. The number of ether oxygens (including phenoxy) is 5. The zero-order valence-electron chi connectivity index (χ0n) is 40.7. The first kappa shape index (κ1) is 50.4. The number of benzene rings is 3. The molecule has 5 atom stereocenters. The van der Waals surface area contributed by atoms with Gasteiger partial charge in [-0.2, -0.15) is 0 Å². The molecule has 4 aliphatic heterocycles. The zero-order valence-corrected chi connectivity index (χ0v) is 40.7.